The molecule has 2 aromatic rings. The molecule has 3 heterocycles. The Morgan fingerprint density at radius 3 is 2.57 bits per heavy atom. The number of aromatic amines is 1. The van der Waals surface area contributed by atoms with Gasteiger partial charge in [-0.05, 0) is 26.0 Å². The van der Waals surface area contributed by atoms with E-state index in [1.807, 2.05) is 24.3 Å². The lowest BCUT2D eigenvalue weighted by Crippen LogP contribution is -2.54. The zero-order valence-electron chi connectivity index (χ0n) is 13.0. The van der Waals surface area contributed by atoms with E-state index in [2.05, 4.69) is 27.0 Å². The highest BCUT2D eigenvalue weighted by atomic mass is 16.3. The van der Waals surface area contributed by atoms with Crippen LogP contribution in [0.5, 0.6) is 0 Å². The number of nitrogens with zero attached hydrogens (tertiary/aromatic N) is 3. The molecule has 2 atom stereocenters. The molecule has 122 valence electrons. The number of carbonyl (C=O) groups excluding carboxylic acids is 1. The van der Waals surface area contributed by atoms with E-state index < -0.39 is 0 Å². The third-order valence-corrected chi connectivity index (χ3v) is 4.57. The number of aromatic nitrogens is 2. The van der Waals surface area contributed by atoms with Gasteiger partial charge in [0, 0.05) is 30.6 Å². The van der Waals surface area contributed by atoms with Crippen LogP contribution >= 0.6 is 0 Å². The lowest BCUT2D eigenvalue weighted by molar-refractivity contribution is -0.122. The number of piperazine rings is 1. The maximum Gasteiger partial charge on any atom is 0.290 e. The second-order valence-corrected chi connectivity index (χ2v) is 6.04. The lowest BCUT2D eigenvalue weighted by Gasteiger charge is -2.39. The van der Waals surface area contributed by atoms with E-state index in [1.165, 1.54) is 0 Å². The zero-order valence-corrected chi connectivity index (χ0v) is 13.0. The minimum Gasteiger partial charge on any atom is -0.483 e. The Hall–Kier alpha value is -2.41. The molecule has 2 aliphatic heterocycles. The number of carboxylic acid groups (broad SMARTS) is 1. The van der Waals surface area contributed by atoms with Crippen molar-refractivity contribution in [3.05, 3.63) is 30.0 Å². The topological polar surface area (TPSA) is 89.5 Å². The van der Waals surface area contributed by atoms with E-state index in [9.17, 15) is 4.79 Å². The number of para-hydroxylation sites is 1. The van der Waals surface area contributed by atoms with Gasteiger partial charge in [0.05, 0.1) is 5.52 Å². The summed E-state index contributed by atoms with van der Waals surface area (Å²) in [5.41, 5.74) is 1.50. The van der Waals surface area contributed by atoms with E-state index in [0.717, 1.165) is 36.8 Å². The number of fused-ring (bicyclic) bond motifs is 3. The van der Waals surface area contributed by atoms with Gasteiger partial charge in [-0.1, -0.05) is 18.2 Å². The largest absolute Gasteiger partial charge is 0.483 e. The number of carbonyl (C=O) groups is 2. The summed E-state index contributed by atoms with van der Waals surface area (Å²) in [6, 6.07) is 8.52. The Labute approximate surface area is 133 Å². The van der Waals surface area contributed by atoms with Crippen molar-refractivity contribution in [2.75, 3.05) is 20.1 Å². The fourth-order valence-electron chi connectivity index (χ4n) is 3.69. The summed E-state index contributed by atoms with van der Waals surface area (Å²) in [5.74, 6) is 0.0862. The normalized spacial score (nSPS) is 23.4. The second-order valence-electron chi connectivity index (χ2n) is 6.04. The first-order valence-corrected chi connectivity index (χ1v) is 7.68. The summed E-state index contributed by atoms with van der Waals surface area (Å²) in [6.45, 7) is 1.70. The number of nitrogens with one attached hydrogen (secondary N) is 1. The molecule has 0 aliphatic carbocycles. The molecule has 1 aromatic heterocycles. The van der Waals surface area contributed by atoms with Gasteiger partial charge in [-0.25, -0.2) is 0 Å². The number of likely N-dealkylation sites (N-methyl/N-ethyl adjacent to an activating group) is 1. The minimum absolute atomic E-state index is 0.0862. The summed E-state index contributed by atoms with van der Waals surface area (Å²) in [6.07, 6.45) is 2.23. The van der Waals surface area contributed by atoms with Crippen molar-refractivity contribution in [2.45, 2.75) is 24.9 Å². The van der Waals surface area contributed by atoms with Gasteiger partial charge in [-0.15, -0.1) is 0 Å². The maximum absolute atomic E-state index is 12.9. The number of hydrogen-bond acceptors (Lipinski definition) is 4. The number of H-pyrrole nitrogens is 1. The van der Waals surface area contributed by atoms with E-state index in [1.54, 1.807) is 0 Å². The van der Waals surface area contributed by atoms with Crippen molar-refractivity contribution in [3.63, 3.8) is 0 Å². The van der Waals surface area contributed by atoms with Crippen LogP contribution in [0.1, 0.15) is 23.3 Å². The average Bonchev–Trinajstić information content (AvgIpc) is 3.07. The van der Waals surface area contributed by atoms with Crippen molar-refractivity contribution in [1.82, 2.24) is 20.0 Å². The summed E-state index contributed by atoms with van der Waals surface area (Å²) in [7, 11) is 2.14. The molecule has 0 saturated carbocycles. The highest BCUT2D eigenvalue weighted by Gasteiger charge is 2.42. The van der Waals surface area contributed by atoms with Crippen LogP contribution in [0.2, 0.25) is 0 Å². The van der Waals surface area contributed by atoms with Crippen LogP contribution in [0, 0.1) is 0 Å². The first-order valence-electron chi connectivity index (χ1n) is 7.68. The smallest absolute Gasteiger partial charge is 0.290 e. The molecule has 2 aliphatic rings. The molecular formula is C16H20N4O3. The Morgan fingerprint density at radius 1 is 1.30 bits per heavy atom. The highest BCUT2D eigenvalue weighted by Crippen LogP contribution is 2.31. The molecular weight excluding hydrogens is 296 g/mol. The van der Waals surface area contributed by atoms with Crippen LogP contribution in [0.15, 0.2) is 24.3 Å². The molecule has 7 heteroatoms. The molecule has 0 radical (unpaired) electrons. The zero-order chi connectivity index (χ0) is 16.4. The average molecular weight is 316 g/mol. The van der Waals surface area contributed by atoms with E-state index in [0.29, 0.717) is 17.8 Å². The Balaban J connectivity index is 0.000000485. The number of hydrogen-bond donors (Lipinski definition) is 2. The van der Waals surface area contributed by atoms with Crippen molar-refractivity contribution in [2.24, 2.45) is 0 Å². The van der Waals surface area contributed by atoms with Crippen molar-refractivity contribution in [1.29, 1.82) is 0 Å². The van der Waals surface area contributed by atoms with Gasteiger partial charge in [-0.2, -0.15) is 5.10 Å². The molecule has 1 aromatic carbocycles. The van der Waals surface area contributed by atoms with Gasteiger partial charge in [-0.3, -0.25) is 14.7 Å². The summed E-state index contributed by atoms with van der Waals surface area (Å²) in [4.78, 5) is 25.6. The monoisotopic (exact) mass is 316 g/mol. The van der Waals surface area contributed by atoms with Crippen molar-refractivity contribution in [3.8, 4) is 0 Å². The summed E-state index contributed by atoms with van der Waals surface area (Å²) < 4.78 is 0. The highest BCUT2D eigenvalue weighted by molar-refractivity contribution is 6.05. The number of likely N-dealkylation sites (tertiary alicyclic amines) is 1. The van der Waals surface area contributed by atoms with Gasteiger partial charge < -0.3 is 14.9 Å². The van der Waals surface area contributed by atoms with E-state index in [4.69, 9.17) is 9.90 Å². The summed E-state index contributed by atoms with van der Waals surface area (Å²) >= 11 is 0. The molecule has 2 N–H and O–H groups in total. The van der Waals surface area contributed by atoms with Crippen LogP contribution in [0.4, 0.5) is 0 Å². The third-order valence-electron chi connectivity index (χ3n) is 4.57. The second kappa shape index (κ2) is 6.37. The fraction of sp³-hybridized carbons (Fsp3) is 0.438. The van der Waals surface area contributed by atoms with Gasteiger partial charge >= 0.3 is 0 Å². The molecule has 2 bridgehead atoms. The molecule has 0 spiro atoms. The van der Waals surface area contributed by atoms with Gasteiger partial charge in [0.15, 0.2) is 5.69 Å². The Bertz CT molecular complexity index is 700. The van der Waals surface area contributed by atoms with Gasteiger partial charge in [0.2, 0.25) is 0 Å². The molecule has 23 heavy (non-hydrogen) atoms. The Morgan fingerprint density at radius 2 is 1.91 bits per heavy atom. The molecule has 1 amide bonds. The van der Waals surface area contributed by atoms with Crippen LogP contribution in [-0.4, -0.2) is 69.7 Å². The predicted octanol–water partition coefficient (Wildman–Crippen LogP) is 1.18. The molecule has 2 unspecified atom stereocenters. The lowest BCUT2D eigenvalue weighted by atomic mass is 10.1. The van der Waals surface area contributed by atoms with E-state index in [-0.39, 0.29) is 12.4 Å². The molecule has 2 saturated heterocycles. The third kappa shape index (κ3) is 2.79. The van der Waals surface area contributed by atoms with Crippen molar-refractivity contribution < 1.29 is 14.7 Å². The maximum atomic E-state index is 12.9. The standard InChI is InChI=1S/C15H18N4O.CH2O2/c1-18-8-10-6-7-11(9-18)19(10)15(20)14-12-4-2-3-5-13(12)16-17-14;2-1-3/h2-5,10-11H,6-9H2,1H3,(H,16,17);1H,(H,2,3). The first kappa shape index (κ1) is 15.5. The van der Waals surface area contributed by atoms with Gasteiger partial charge in [0.1, 0.15) is 0 Å². The SMILES string of the molecule is CN1CC2CCC(C1)N2C(=O)c1n[nH]c2ccccc12.O=CO. The molecule has 4 rings (SSSR count). The molecule has 2 fully saturated rings. The first-order chi connectivity index (χ1) is 11.2. The summed E-state index contributed by atoms with van der Waals surface area (Å²) in [5, 5.41) is 15.0. The number of benzene rings is 1. The predicted molar refractivity (Wildman–Crippen MR) is 85.3 cm³/mol. The van der Waals surface area contributed by atoms with Crippen LogP contribution in [0.25, 0.3) is 10.9 Å². The van der Waals surface area contributed by atoms with Crippen molar-refractivity contribution >= 4 is 23.3 Å². The van der Waals surface area contributed by atoms with Crippen LogP contribution < -0.4 is 0 Å². The minimum atomic E-state index is -0.250. The van der Waals surface area contributed by atoms with E-state index >= 15 is 0 Å². The quantitative estimate of drug-likeness (QED) is 0.771. The van der Waals surface area contributed by atoms with Gasteiger partial charge in [0.25, 0.3) is 12.4 Å². The number of amides is 1. The number of rotatable bonds is 1. The van der Waals surface area contributed by atoms with Crippen LogP contribution in [-0.2, 0) is 4.79 Å². The molecule has 7 nitrogen and oxygen atoms in total. The van der Waals surface area contributed by atoms with Crippen LogP contribution in [0.3, 0.4) is 0 Å². The fourth-order valence-corrected chi connectivity index (χ4v) is 3.69. The Kier molecular flexibility index (Phi) is 4.29.